The van der Waals surface area contributed by atoms with Crippen molar-refractivity contribution in [3.8, 4) is 5.75 Å². The van der Waals surface area contributed by atoms with Gasteiger partial charge >= 0.3 is 0 Å². The molecule has 6 nitrogen and oxygen atoms in total. The number of hydrogen-bond donors (Lipinski definition) is 2. The van der Waals surface area contributed by atoms with Crippen molar-refractivity contribution in [2.75, 3.05) is 12.3 Å². The van der Waals surface area contributed by atoms with Crippen molar-refractivity contribution in [3.05, 3.63) is 52.5 Å². The van der Waals surface area contributed by atoms with Crippen molar-refractivity contribution >= 4 is 50.4 Å². The first-order valence-corrected chi connectivity index (χ1v) is 9.14. The van der Waals surface area contributed by atoms with E-state index in [1.54, 1.807) is 12.1 Å². The van der Waals surface area contributed by atoms with Crippen LogP contribution in [0.25, 0.3) is 10.2 Å². The summed E-state index contributed by atoms with van der Waals surface area (Å²) in [6.45, 7) is 2.44. The fourth-order valence-electron chi connectivity index (χ4n) is 2.37. The Bertz CT molecular complexity index is 971. The minimum atomic E-state index is -0.213. The number of rotatable bonds is 6. The maximum Gasteiger partial charge on any atom is 0.244 e. The molecule has 0 radical (unpaired) electrons. The van der Waals surface area contributed by atoms with E-state index in [9.17, 15) is 4.79 Å². The van der Waals surface area contributed by atoms with E-state index in [0.717, 1.165) is 21.3 Å². The number of amides is 1. The number of thiazole rings is 1. The van der Waals surface area contributed by atoms with Gasteiger partial charge in [-0.1, -0.05) is 29.0 Å². The molecule has 26 heavy (non-hydrogen) atoms. The third-order valence-electron chi connectivity index (χ3n) is 3.49. The Hall–Kier alpha value is -2.64. The number of nitrogens with zero attached hydrogens (tertiary/aromatic N) is 2. The molecule has 0 saturated carbocycles. The first-order chi connectivity index (χ1) is 12.5. The number of benzene rings is 2. The molecule has 0 aliphatic heterocycles. The van der Waals surface area contributed by atoms with E-state index in [2.05, 4.69) is 15.5 Å². The highest BCUT2D eigenvalue weighted by atomic mass is 35.5. The minimum Gasteiger partial charge on any atom is -0.492 e. The number of halogens is 1. The first-order valence-electron chi connectivity index (χ1n) is 7.94. The van der Waals surface area contributed by atoms with Crippen LogP contribution in [0, 0.1) is 0 Å². The quantitative estimate of drug-likeness (QED) is 0.498. The van der Waals surface area contributed by atoms with Crippen LogP contribution in [0.4, 0.5) is 5.13 Å². The van der Waals surface area contributed by atoms with Crippen molar-refractivity contribution in [3.63, 3.8) is 0 Å². The third-order valence-corrected chi connectivity index (χ3v) is 4.64. The van der Waals surface area contributed by atoms with Crippen LogP contribution in [0.3, 0.4) is 0 Å². The van der Waals surface area contributed by atoms with E-state index in [0.29, 0.717) is 22.5 Å². The zero-order valence-electron chi connectivity index (χ0n) is 14.0. The molecule has 0 saturated heterocycles. The molecular weight excluding hydrogens is 372 g/mol. The number of ether oxygens (including phenoxy) is 1. The molecule has 3 rings (SSSR count). The number of nitrogen functional groups attached to an aromatic ring is 1. The minimum absolute atomic E-state index is 0.213. The molecule has 0 bridgehead atoms. The average Bonchev–Trinajstić information content (AvgIpc) is 2.96. The van der Waals surface area contributed by atoms with E-state index >= 15 is 0 Å². The van der Waals surface area contributed by atoms with Gasteiger partial charge in [0.25, 0.3) is 0 Å². The predicted octanol–water partition coefficient (Wildman–Crippen LogP) is 3.62. The summed E-state index contributed by atoms with van der Waals surface area (Å²) in [7, 11) is 0. The number of hydrogen-bond acceptors (Lipinski definition) is 6. The number of hydrazone groups is 1. The molecule has 0 aliphatic rings. The Morgan fingerprint density at radius 3 is 3.00 bits per heavy atom. The van der Waals surface area contributed by atoms with Crippen LogP contribution in [-0.2, 0) is 11.2 Å². The second-order valence-electron chi connectivity index (χ2n) is 5.45. The van der Waals surface area contributed by atoms with E-state index in [4.69, 9.17) is 22.1 Å². The van der Waals surface area contributed by atoms with Gasteiger partial charge in [0.05, 0.1) is 34.5 Å². The normalized spacial score (nSPS) is 11.2. The second kappa shape index (κ2) is 8.16. The van der Waals surface area contributed by atoms with Crippen LogP contribution in [-0.4, -0.2) is 23.7 Å². The summed E-state index contributed by atoms with van der Waals surface area (Å²) in [6.07, 6.45) is 1.75. The molecule has 134 valence electrons. The molecule has 0 unspecified atom stereocenters. The molecule has 0 atom stereocenters. The Kier molecular flexibility index (Phi) is 5.70. The van der Waals surface area contributed by atoms with Crippen molar-refractivity contribution in [1.29, 1.82) is 0 Å². The van der Waals surface area contributed by atoms with Gasteiger partial charge in [-0.2, -0.15) is 5.10 Å². The van der Waals surface area contributed by atoms with Crippen LogP contribution in [0.1, 0.15) is 18.1 Å². The first kappa shape index (κ1) is 18.2. The predicted molar refractivity (Wildman–Crippen MR) is 106 cm³/mol. The zero-order valence-corrected chi connectivity index (χ0v) is 15.6. The standard InChI is InChI=1S/C18H17ClN4O2S/c1-2-25-15-6-4-12(7-13(15)19)10-21-23-17(24)9-11-3-5-14-16(8-11)26-18(20)22-14/h3-8,10H,2,9H2,1H3,(H2,20,22)(H,23,24)/b21-10-. The van der Waals surface area contributed by atoms with Gasteiger partial charge in [0, 0.05) is 0 Å². The van der Waals surface area contributed by atoms with Gasteiger partial charge in [-0.05, 0) is 48.4 Å². The number of carbonyl (C=O) groups excluding carboxylic acids is 1. The smallest absolute Gasteiger partial charge is 0.244 e. The highest BCUT2D eigenvalue weighted by molar-refractivity contribution is 7.22. The monoisotopic (exact) mass is 388 g/mol. The fourth-order valence-corrected chi connectivity index (χ4v) is 3.41. The summed E-state index contributed by atoms with van der Waals surface area (Å²) in [6, 6.07) is 10.9. The van der Waals surface area contributed by atoms with E-state index in [-0.39, 0.29) is 12.3 Å². The molecule has 3 N–H and O–H groups in total. The molecule has 0 spiro atoms. The summed E-state index contributed by atoms with van der Waals surface area (Å²) < 4.78 is 6.33. The van der Waals surface area contributed by atoms with Crippen LogP contribution in [0.15, 0.2) is 41.5 Å². The van der Waals surface area contributed by atoms with Crippen LogP contribution >= 0.6 is 22.9 Å². The van der Waals surface area contributed by atoms with Gasteiger partial charge in [-0.25, -0.2) is 10.4 Å². The SMILES string of the molecule is CCOc1ccc(/C=N\NC(=O)Cc2ccc3nc(N)sc3c2)cc1Cl. The maximum absolute atomic E-state index is 12.0. The van der Waals surface area contributed by atoms with Gasteiger partial charge in [0.1, 0.15) is 5.75 Å². The highest BCUT2D eigenvalue weighted by Gasteiger charge is 2.06. The molecule has 0 aliphatic carbocycles. The Morgan fingerprint density at radius 1 is 1.38 bits per heavy atom. The van der Waals surface area contributed by atoms with E-state index in [1.807, 2.05) is 31.2 Å². The van der Waals surface area contributed by atoms with Crippen molar-refractivity contribution < 1.29 is 9.53 Å². The molecule has 1 heterocycles. The number of carbonyl (C=O) groups is 1. The Morgan fingerprint density at radius 2 is 2.23 bits per heavy atom. The van der Waals surface area contributed by atoms with Gasteiger partial charge in [-0.3, -0.25) is 4.79 Å². The molecule has 1 amide bonds. The largest absolute Gasteiger partial charge is 0.492 e. The van der Waals surface area contributed by atoms with E-state index < -0.39 is 0 Å². The van der Waals surface area contributed by atoms with Crippen molar-refractivity contribution in [2.45, 2.75) is 13.3 Å². The topological polar surface area (TPSA) is 89.6 Å². The number of nitrogens with two attached hydrogens (primary N) is 1. The van der Waals surface area contributed by atoms with Gasteiger partial charge in [0.2, 0.25) is 5.91 Å². The third kappa shape index (κ3) is 4.50. The van der Waals surface area contributed by atoms with E-state index in [1.165, 1.54) is 17.6 Å². The summed E-state index contributed by atoms with van der Waals surface area (Å²) in [5.41, 5.74) is 10.7. The summed E-state index contributed by atoms with van der Waals surface area (Å²) >= 11 is 7.52. The molecule has 8 heteroatoms. The summed E-state index contributed by atoms with van der Waals surface area (Å²) in [5, 5.41) is 4.98. The lowest BCUT2D eigenvalue weighted by atomic mass is 10.1. The Balaban J connectivity index is 1.59. The van der Waals surface area contributed by atoms with Crippen molar-refractivity contribution in [2.24, 2.45) is 5.10 Å². The van der Waals surface area contributed by atoms with Crippen LogP contribution < -0.4 is 15.9 Å². The number of anilines is 1. The van der Waals surface area contributed by atoms with Gasteiger partial charge in [-0.15, -0.1) is 0 Å². The zero-order chi connectivity index (χ0) is 18.5. The number of nitrogens with one attached hydrogen (secondary N) is 1. The molecule has 2 aromatic carbocycles. The molecule has 1 aromatic heterocycles. The molecular formula is C18H17ClN4O2S. The number of aromatic nitrogens is 1. The fraction of sp³-hybridized carbons (Fsp3) is 0.167. The molecule has 3 aromatic rings. The summed E-state index contributed by atoms with van der Waals surface area (Å²) in [5.74, 6) is 0.407. The number of fused-ring (bicyclic) bond motifs is 1. The lowest BCUT2D eigenvalue weighted by Gasteiger charge is -2.05. The van der Waals surface area contributed by atoms with Crippen molar-refractivity contribution in [1.82, 2.24) is 10.4 Å². The molecule has 0 fully saturated rings. The maximum atomic E-state index is 12.0. The average molecular weight is 389 g/mol. The Labute approximate surface area is 159 Å². The van der Waals surface area contributed by atoms with Crippen LogP contribution in [0.5, 0.6) is 5.75 Å². The lowest BCUT2D eigenvalue weighted by molar-refractivity contribution is -0.120. The van der Waals surface area contributed by atoms with Gasteiger partial charge in [0.15, 0.2) is 5.13 Å². The van der Waals surface area contributed by atoms with Crippen LogP contribution in [0.2, 0.25) is 5.02 Å². The lowest BCUT2D eigenvalue weighted by Crippen LogP contribution is -2.19. The summed E-state index contributed by atoms with van der Waals surface area (Å²) in [4.78, 5) is 16.2. The van der Waals surface area contributed by atoms with Gasteiger partial charge < -0.3 is 10.5 Å². The highest BCUT2D eigenvalue weighted by Crippen LogP contribution is 2.25. The second-order valence-corrected chi connectivity index (χ2v) is 6.92.